The van der Waals surface area contributed by atoms with Crippen LogP contribution in [0.3, 0.4) is 0 Å². The van der Waals surface area contributed by atoms with Gasteiger partial charge in [0.1, 0.15) is 12.1 Å². The van der Waals surface area contributed by atoms with E-state index in [0.29, 0.717) is 6.07 Å². The molecule has 2 rings (SSSR count). The zero-order valence-corrected chi connectivity index (χ0v) is 15.5. The largest absolute Gasteiger partial charge is 0.421 e. The van der Waals surface area contributed by atoms with Crippen molar-refractivity contribution in [3.05, 3.63) is 69.6 Å². The molecule has 1 heterocycles. The van der Waals surface area contributed by atoms with Crippen LogP contribution in [0.2, 0.25) is 0 Å². The maximum Gasteiger partial charge on any atom is 0.421 e. The van der Waals surface area contributed by atoms with E-state index < -0.39 is 29.8 Å². The number of rotatable bonds is 6. The van der Waals surface area contributed by atoms with E-state index in [1.165, 1.54) is 11.8 Å². The lowest BCUT2D eigenvalue weighted by Gasteiger charge is -2.23. The van der Waals surface area contributed by atoms with Gasteiger partial charge in [-0.2, -0.15) is 13.2 Å². The second-order valence-corrected chi connectivity index (χ2v) is 6.74. The second kappa shape index (κ2) is 8.41. The molecule has 7 heteroatoms. The van der Waals surface area contributed by atoms with Gasteiger partial charge >= 0.3 is 6.18 Å². The molecule has 1 amide bonds. The number of benzene rings is 1. The summed E-state index contributed by atoms with van der Waals surface area (Å²) < 4.78 is 39.3. The fourth-order valence-corrected chi connectivity index (χ4v) is 2.85. The number of carbonyl (C=O) groups excluding carboxylic acids is 1. The minimum absolute atomic E-state index is 0.0691. The number of aryl methyl sites for hydroxylation is 1. The van der Waals surface area contributed by atoms with Crippen molar-refractivity contribution in [2.24, 2.45) is 5.92 Å². The first-order valence-corrected chi connectivity index (χ1v) is 8.78. The van der Waals surface area contributed by atoms with E-state index in [0.717, 1.165) is 22.6 Å². The van der Waals surface area contributed by atoms with E-state index in [1.807, 2.05) is 45.0 Å². The van der Waals surface area contributed by atoms with Gasteiger partial charge in [-0.05, 0) is 35.6 Å². The smallest absolute Gasteiger partial charge is 0.347 e. The molecule has 0 saturated heterocycles. The molecule has 146 valence electrons. The van der Waals surface area contributed by atoms with Crippen LogP contribution in [0.5, 0.6) is 0 Å². The van der Waals surface area contributed by atoms with Crippen LogP contribution < -0.4 is 10.9 Å². The molecule has 1 atom stereocenters. The molecule has 1 aromatic heterocycles. The number of alkyl halides is 3. The highest BCUT2D eigenvalue weighted by molar-refractivity contribution is 5.76. The highest BCUT2D eigenvalue weighted by Crippen LogP contribution is 2.26. The lowest BCUT2D eigenvalue weighted by Crippen LogP contribution is -2.37. The summed E-state index contributed by atoms with van der Waals surface area (Å²) in [5, 5.41) is 2.82. The highest BCUT2D eigenvalue weighted by atomic mass is 19.4. The average molecular weight is 380 g/mol. The summed E-state index contributed by atoms with van der Waals surface area (Å²) in [5.41, 5.74) is -0.433. The Morgan fingerprint density at radius 3 is 2.30 bits per heavy atom. The van der Waals surface area contributed by atoms with E-state index in [-0.39, 0.29) is 12.0 Å². The molecule has 27 heavy (non-hydrogen) atoms. The van der Waals surface area contributed by atoms with Crippen LogP contribution in [0.15, 0.2) is 47.4 Å². The molecule has 1 aromatic carbocycles. The van der Waals surface area contributed by atoms with Crippen molar-refractivity contribution < 1.29 is 18.0 Å². The number of aromatic nitrogens is 1. The average Bonchev–Trinajstić information content (AvgIpc) is 2.60. The van der Waals surface area contributed by atoms with Crippen molar-refractivity contribution in [3.63, 3.8) is 0 Å². The van der Waals surface area contributed by atoms with Crippen molar-refractivity contribution in [1.82, 2.24) is 9.88 Å². The maximum atomic E-state index is 12.9. The van der Waals surface area contributed by atoms with Crippen LogP contribution in [0.25, 0.3) is 0 Å². The molecule has 0 bridgehead atoms. The molecule has 2 aromatic rings. The Labute approximate surface area is 156 Å². The summed E-state index contributed by atoms with van der Waals surface area (Å²) in [6, 6.07) is 9.34. The number of nitrogens with one attached hydrogen (secondary N) is 1. The van der Waals surface area contributed by atoms with Gasteiger partial charge in [0.25, 0.3) is 5.56 Å². The van der Waals surface area contributed by atoms with Gasteiger partial charge in [0.15, 0.2) is 0 Å². The number of pyridine rings is 1. The summed E-state index contributed by atoms with van der Waals surface area (Å²) in [5.74, 6) is -0.450. The van der Waals surface area contributed by atoms with Crippen LogP contribution in [0.4, 0.5) is 13.2 Å². The third kappa shape index (κ3) is 5.21. The van der Waals surface area contributed by atoms with Crippen molar-refractivity contribution in [2.75, 3.05) is 0 Å². The van der Waals surface area contributed by atoms with E-state index in [1.54, 1.807) is 0 Å². The number of nitrogens with zero attached hydrogens (tertiary/aromatic N) is 1. The molecule has 0 aliphatic rings. The Morgan fingerprint density at radius 1 is 1.15 bits per heavy atom. The van der Waals surface area contributed by atoms with Crippen molar-refractivity contribution in [1.29, 1.82) is 0 Å². The van der Waals surface area contributed by atoms with E-state index in [2.05, 4.69) is 5.32 Å². The van der Waals surface area contributed by atoms with Gasteiger partial charge in [-0.3, -0.25) is 9.59 Å². The topological polar surface area (TPSA) is 51.1 Å². The number of carbonyl (C=O) groups is 1. The molecule has 1 N–H and O–H groups in total. The van der Waals surface area contributed by atoms with Gasteiger partial charge in [-0.1, -0.05) is 45.0 Å². The highest BCUT2D eigenvalue weighted by Gasteiger charge is 2.34. The minimum Gasteiger partial charge on any atom is -0.347 e. The summed E-state index contributed by atoms with van der Waals surface area (Å²) in [6.07, 6.45) is -2.67. The molecular formula is C20H23F3N2O2. The molecule has 0 fully saturated rings. The number of hydrogen-bond donors (Lipinski definition) is 1. The van der Waals surface area contributed by atoms with Crippen LogP contribution in [0.1, 0.15) is 43.5 Å². The van der Waals surface area contributed by atoms with Crippen LogP contribution >= 0.6 is 0 Å². The van der Waals surface area contributed by atoms with E-state index >= 15 is 0 Å². The van der Waals surface area contributed by atoms with Gasteiger partial charge in [0, 0.05) is 6.20 Å². The normalized spacial score (nSPS) is 12.9. The van der Waals surface area contributed by atoms with E-state index in [9.17, 15) is 22.8 Å². The van der Waals surface area contributed by atoms with Gasteiger partial charge in [0.2, 0.25) is 5.91 Å². The molecule has 0 aliphatic heterocycles. The molecule has 0 unspecified atom stereocenters. The first-order chi connectivity index (χ1) is 12.6. The van der Waals surface area contributed by atoms with Gasteiger partial charge in [0.05, 0.1) is 6.04 Å². The quantitative estimate of drug-likeness (QED) is 0.825. The zero-order chi connectivity index (χ0) is 20.2. The summed E-state index contributed by atoms with van der Waals surface area (Å²) in [7, 11) is 0. The second-order valence-electron chi connectivity index (χ2n) is 6.74. The first kappa shape index (κ1) is 20.7. The Bertz CT molecular complexity index is 840. The number of halogens is 3. The van der Waals surface area contributed by atoms with Crippen molar-refractivity contribution in [3.8, 4) is 0 Å². The standard InChI is InChI=1S/C20H23F3N2O2/c1-4-14-7-9-15(10-8-14)18(13(2)3)24-17(26)12-25-11-5-6-16(19(25)27)20(21,22)23/h5-11,13,18H,4,12H2,1-3H3,(H,24,26)/t18-/m0/s1. The summed E-state index contributed by atoms with van der Waals surface area (Å²) in [4.78, 5) is 24.4. The molecule has 4 nitrogen and oxygen atoms in total. The monoisotopic (exact) mass is 380 g/mol. The third-order valence-electron chi connectivity index (χ3n) is 4.37. The van der Waals surface area contributed by atoms with Gasteiger partial charge < -0.3 is 9.88 Å². The Balaban J connectivity index is 2.18. The number of hydrogen-bond acceptors (Lipinski definition) is 2. The molecule has 0 aliphatic carbocycles. The zero-order valence-electron chi connectivity index (χ0n) is 15.5. The molecule has 0 spiro atoms. The lowest BCUT2D eigenvalue weighted by atomic mass is 9.95. The predicted octanol–water partition coefficient (Wildman–Crippen LogP) is 3.94. The number of amides is 1. The Hall–Kier alpha value is -2.57. The Kier molecular flexibility index (Phi) is 6.46. The summed E-state index contributed by atoms with van der Waals surface area (Å²) >= 11 is 0. The third-order valence-corrected chi connectivity index (χ3v) is 4.37. The molecule has 0 radical (unpaired) electrons. The van der Waals surface area contributed by atoms with Crippen LogP contribution in [-0.2, 0) is 23.9 Å². The van der Waals surface area contributed by atoms with E-state index in [4.69, 9.17) is 0 Å². The minimum atomic E-state index is -4.75. The van der Waals surface area contributed by atoms with Crippen LogP contribution in [0, 0.1) is 5.92 Å². The Morgan fingerprint density at radius 2 is 1.78 bits per heavy atom. The fourth-order valence-electron chi connectivity index (χ4n) is 2.85. The molecular weight excluding hydrogens is 357 g/mol. The maximum absolute atomic E-state index is 12.9. The van der Waals surface area contributed by atoms with Crippen molar-refractivity contribution >= 4 is 5.91 Å². The molecule has 0 saturated carbocycles. The first-order valence-electron chi connectivity index (χ1n) is 8.78. The van der Waals surface area contributed by atoms with Gasteiger partial charge in [-0.25, -0.2) is 0 Å². The summed E-state index contributed by atoms with van der Waals surface area (Å²) in [6.45, 7) is 5.45. The lowest BCUT2D eigenvalue weighted by molar-refractivity contribution is -0.139. The van der Waals surface area contributed by atoms with Crippen molar-refractivity contribution in [2.45, 2.75) is 46.0 Å². The fraction of sp³-hybridized carbons (Fsp3) is 0.400. The predicted molar refractivity (Wildman–Crippen MR) is 97.2 cm³/mol. The van der Waals surface area contributed by atoms with Crippen LogP contribution in [-0.4, -0.2) is 10.5 Å². The van der Waals surface area contributed by atoms with Gasteiger partial charge in [-0.15, -0.1) is 0 Å². The SMILES string of the molecule is CCc1ccc([C@@H](NC(=O)Cn2cccc(C(F)(F)F)c2=O)C(C)C)cc1.